The van der Waals surface area contributed by atoms with Crippen LogP contribution in [0.5, 0.6) is 0 Å². The van der Waals surface area contributed by atoms with Crippen LogP contribution in [-0.4, -0.2) is 25.8 Å². The van der Waals surface area contributed by atoms with Crippen LogP contribution in [0.3, 0.4) is 0 Å². The van der Waals surface area contributed by atoms with Crippen molar-refractivity contribution < 1.29 is 4.74 Å². The van der Waals surface area contributed by atoms with Gasteiger partial charge in [-0.3, -0.25) is 0 Å². The van der Waals surface area contributed by atoms with Gasteiger partial charge in [-0.15, -0.1) is 0 Å². The highest BCUT2D eigenvalue weighted by atomic mass is 16.5. The lowest BCUT2D eigenvalue weighted by molar-refractivity contribution is 0.141. The van der Waals surface area contributed by atoms with Crippen molar-refractivity contribution >= 4 is 0 Å². The molecule has 2 heteroatoms. The van der Waals surface area contributed by atoms with Crippen molar-refractivity contribution in [1.82, 2.24) is 5.32 Å². The molecule has 0 amide bonds. The van der Waals surface area contributed by atoms with Crippen LogP contribution in [0.1, 0.15) is 46.5 Å². The zero-order chi connectivity index (χ0) is 11.1. The van der Waals surface area contributed by atoms with E-state index in [9.17, 15) is 0 Å². The molecule has 1 aliphatic rings. The molecule has 3 atom stereocenters. The summed E-state index contributed by atoms with van der Waals surface area (Å²) in [6, 6.07) is 0.753. The summed E-state index contributed by atoms with van der Waals surface area (Å²) in [5, 5.41) is 3.67. The largest absolute Gasteiger partial charge is 0.382 e. The lowest BCUT2D eigenvalue weighted by Crippen LogP contribution is -2.39. The van der Waals surface area contributed by atoms with Gasteiger partial charge in [0.25, 0.3) is 0 Å². The van der Waals surface area contributed by atoms with Gasteiger partial charge in [0.05, 0.1) is 0 Å². The Labute approximate surface area is 94.8 Å². The number of rotatable bonds is 6. The first kappa shape index (κ1) is 13.0. The summed E-state index contributed by atoms with van der Waals surface area (Å²) in [5.41, 5.74) is 0. The normalized spacial score (nSPS) is 31.8. The molecule has 1 N–H and O–H groups in total. The van der Waals surface area contributed by atoms with Crippen molar-refractivity contribution in [3.05, 3.63) is 0 Å². The Morgan fingerprint density at radius 3 is 2.73 bits per heavy atom. The van der Waals surface area contributed by atoms with Crippen LogP contribution in [0.2, 0.25) is 0 Å². The summed E-state index contributed by atoms with van der Waals surface area (Å²) >= 11 is 0. The highest BCUT2D eigenvalue weighted by Crippen LogP contribution is 2.28. The molecule has 0 bridgehead atoms. The third-order valence-corrected chi connectivity index (χ3v) is 3.51. The minimum atomic E-state index is 0.753. The Kier molecular flexibility index (Phi) is 6.26. The minimum absolute atomic E-state index is 0.753. The first-order valence-corrected chi connectivity index (χ1v) is 6.55. The number of nitrogens with one attached hydrogen (secondary N) is 1. The van der Waals surface area contributed by atoms with E-state index in [0.717, 1.165) is 44.1 Å². The average Bonchev–Trinajstić information content (AvgIpc) is 2.20. The molecule has 1 rings (SSSR count). The van der Waals surface area contributed by atoms with E-state index in [1.165, 1.54) is 19.3 Å². The third kappa shape index (κ3) is 4.98. The summed E-state index contributed by atoms with van der Waals surface area (Å²) in [7, 11) is 0. The van der Waals surface area contributed by atoms with Gasteiger partial charge in [-0.05, 0) is 51.0 Å². The molecule has 1 aliphatic carbocycles. The van der Waals surface area contributed by atoms with E-state index in [2.05, 4.69) is 26.1 Å². The Morgan fingerprint density at radius 2 is 2.07 bits per heavy atom. The molecule has 0 saturated heterocycles. The second-order valence-electron chi connectivity index (χ2n) is 5.01. The first-order valence-electron chi connectivity index (χ1n) is 6.55. The van der Waals surface area contributed by atoms with Gasteiger partial charge in [0.15, 0.2) is 0 Å². The fraction of sp³-hybridized carbons (Fsp3) is 1.00. The van der Waals surface area contributed by atoms with Crippen LogP contribution < -0.4 is 5.32 Å². The highest BCUT2D eigenvalue weighted by molar-refractivity contribution is 4.80. The van der Waals surface area contributed by atoms with Gasteiger partial charge in [0.2, 0.25) is 0 Å². The topological polar surface area (TPSA) is 21.3 Å². The molecule has 0 heterocycles. The summed E-state index contributed by atoms with van der Waals surface area (Å²) in [6.45, 7) is 9.68. The molecule has 0 aromatic rings. The van der Waals surface area contributed by atoms with E-state index >= 15 is 0 Å². The monoisotopic (exact) mass is 213 g/mol. The molecule has 3 unspecified atom stereocenters. The van der Waals surface area contributed by atoms with E-state index in [1.54, 1.807) is 0 Å². The van der Waals surface area contributed by atoms with Crippen LogP contribution in [0.15, 0.2) is 0 Å². The molecule has 1 saturated carbocycles. The molecule has 0 spiro atoms. The number of hydrogen-bond acceptors (Lipinski definition) is 2. The molecule has 2 nitrogen and oxygen atoms in total. The Hall–Kier alpha value is -0.0800. The van der Waals surface area contributed by atoms with E-state index in [1.807, 2.05) is 0 Å². The Bertz CT molecular complexity index is 161. The Morgan fingerprint density at radius 1 is 1.27 bits per heavy atom. The smallest absolute Gasteiger partial charge is 0.0477 e. The predicted molar refractivity (Wildman–Crippen MR) is 65.1 cm³/mol. The molecule has 0 aliphatic heterocycles. The van der Waals surface area contributed by atoms with Crippen LogP contribution >= 0.6 is 0 Å². The second-order valence-corrected chi connectivity index (χ2v) is 5.01. The maximum Gasteiger partial charge on any atom is 0.0477 e. The molecular weight excluding hydrogens is 186 g/mol. The maximum atomic E-state index is 5.33. The molecule has 0 radical (unpaired) electrons. The van der Waals surface area contributed by atoms with Gasteiger partial charge in [-0.2, -0.15) is 0 Å². The summed E-state index contributed by atoms with van der Waals surface area (Å²) < 4.78 is 5.33. The van der Waals surface area contributed by atoms with Crippen molar-refractivity contribution in [2.75, 3.05) is 19.8 Å². The zero-order valence-electron chi connectivity index (χ0n) is 10.6. The lowest BCUT2D eigenvalue weighted by Gasteiger charge is -2.33. The average molecular weight is 213 g/mol. The maximum absolute atomic E-state index is 5.33. The summed E-state index contributed by atoms with van der Waals surface area (Å²) in [5.74, 6) is 1.78. The summed E-state index contributed by atoms with van der Waals surface area (Å²) in [6.07, 6.45) is 5.29. The van der Waals surface area contributed by atoms with Crippen LogP contribution in [0, 0.1) is 11.8 Å². The molecule has 15 heavy (non-hydrogen) atoms. The number of ether oxygens (including phenoxy) is 1. The fourth-order valence-electron chi connectivity index (χ4n) is 2.57. The first-order chi connectivity index (χ1) is 7.24. The van der Waals surface area contributed by atoms with Crippen molar-refractivity contribution in [2.24, 2.45) is 11.8 Å². The van der Waals surface area contributed by atoms with E-state index in [-0.39, 0.29) is 0 Å². The summed E-state index contributed by atoms with van der Waals surface area (Å²) in [4.78, 5) is 0. The molecule has 0 aromatic carbocycles. The number of hydrogen-bond donors (Lipinski definition) is 1. The van der Waals surface area contributed by atoms with Gasteiger partial charge in [0.1, 0.15) is 0 Å². The molecule has 90 valence electrons. The quantitative estimate of drug-likeness (QED) is 0.685. The van der Waals surface area contributed by atoms with E-state index in [0.29, 0.717) is 0 Å². The minimum Gasteiger partial charge on any atom is -0.382 e. The van der Waals surface area contributed by atoms with Gasteiger partial charge < -0.3 is 10.1 Å². The highest BCUT2D eigenvalue weighted by Gasteiger charge is 2.24. The molecule has 0 aromatic heterocycles. The SMILES string of the molecule is CCOCCCNC1CCC(C)CC1C. The fourth-order valence-corrected chi connectivity index (χ4v) is 2.57. The van der Waals surface area contributed by atoms with Gasteiger partial charge >= 0.3 is 0 Å². The van der Waals surface area contributed by atoms with E-state index in [4.69, 9.17) is 4.74 Å². The van der Waals surface area contributed by atoms with Gasteiger partial charge in [-0.1, -0.05) is 13.8 Å². The predicted octanol–water partition coefficient (Wildman–Crippen LogP) is 2.83. The van der Waals surface area contributed by atoms with Crippen LogP contribution in [-0.2, 0) is 4.74 Å². The lowest BCUT2D eigenvalue weighted by atomic mass is 9.80. The van der Waals surface area contributed by atoms with Crippen LogP contribution in [0.25, 0.3) is 0 Å². The second kappa shape index (κ2) is 7.24. The van der Waals surface area contributed by atoms with Crippen molar-refractivity contribution in [3.8, 4) is 0 Å². The molecular formula is C13H27NO. The van der Waals surface area contributed by atoms with Gasteiger partial charge in [0, 0.05) is 19.3 Å². The van der Waals surface area contributed by atoms with Crippen molar-refractivity contribution in [3.63, 3.8) is 0 Å². The van der Waals surface area contributed by atoms with Crippen LogP contribution in [0.4, 0.5) is 0 Å². The standard InChI is InChI=1S/C13H27NO/c1-4-15-9-5-8-14-13-7-6-11(2)10-12(13)3/h11-14H,4-10H2,1-3H3. The zero-order valence-corrected chi connectivity index (χ0v) is 10.6. The van der Waals surface area contributed by atoms with Crippen molar-refractivity contribution in [1.29, 1.82) is 0 Å². The van der Waals surface area contributed by atoms with E-state index < -0.39 is 0 Å². The molecule has 1 fully saturated rings. The van der Waals surface area contributed by atoms with Crippen molar-refractivity contribution in [2.45, 2.75) is 52.5 Å². The van der Waals surface area contributed by atoms with Gasteiger partial charge in [-0.25, -0.2) is 0 Å². The third-order valence-electron chi connectivity index (χ3n) is 3.51. The Balaban J connectivity index is 2.05.